The molecule has 4 nitrogen and oxygen atoms in total. The van der Waals surface area contributed by atoms with Crippen molar-refractivity contribution in [1.82, 2.24) is 10.2 Å². The topological polar surface area (TPSA) is 49.4 Å². The molecular formula is C16H28N2O2. The van der Waals surface area contributed by atoms with Crippen molar-refractivity contribution in [2.24, 2.45) is 11.8 Å². The Labute approximate surface area is 122 Å². The van der Waals surface area contributed by atoms with Crippen molar-refractivity contribution in [2.75, 3.05) is 0 Å². The zero-order valence-electron chi connectivity index (χ0n) is 13.2. The van der Waals surface area contributed by atoms with Crippen LogP contribution in [0.5, 0.6) is 0 Å². The second kappa shape index (κ2) is 6.25. The Morgan fingerprint density at radius 3 is 2.65 bits per heavy atom. The normalized spacial score (nSPS) is 36.5. The maximum Gasteiger partial charge on any atom is 0.247 e. The summed E-state index contributed by atoms with van der Waals surface area (Å²) in [7, 11) is 0. The first kappa shape index (κ1) is 15.5. The molecule has 1 N–H and O–H groups in total. The van der Waals surface area contributed by atoms with Crippen molar-refractivity contribution >= 4 is 11.8 Å². The molecule has 2 amide bonds. The number of nitrogens with zero attached hydrogens (tertiary/aromatic N) is 1. The molecule has 1 aliphatic heterocycles. The quantitative estimate of drug-likeness (QED) is 0.804. The van der Waals surface area contributed by atoms with Crippen molar-refractivity contribution in [1.29, 1.82) is 0 Å². The Balaban J connectivity index is 2.00. The Kier molecular flexibility index (Phi) is 4.84. The Morgan fingerprint density at radius 2 is 2.00 bits per heavy atom. The summed E-state index contributed by atoms with van der Waals surface area (Å²) in [6, 6.07) is 0.0936. The second-order valence-electron chi connectivity index (χ2n) is 6.66. The van der Waals surface area contributed by atoms with Crippen LogP contribution in [0.3, 0.4) is 0 Å². The zero-order chi connectivity index (χ0) is 14.9. The van der Waals surface area contributed by atoms with Crippen LogP contribution < -0.4 is 5.32 Å². The molecule has 5 atom stereocenters. The number of hydrogen-bond donors (Lipinski definition) is 1. The molecule has 1 saturated heterocycles. The summed E-state index contributed by atoms with van der Waals surface area (Å²) in [6.45, 7) is 8.50. The van der Waals surface area contributed by atoms with E-state index in [0.29, 0.717) is 24.3 Å². The lowest BCUT2D eigenvalue weighted by molar-refractivity contribution is -0.141. The third-order valence-corrected chi connectivity index (χ3v) is 5.34. The molecule has 0 radical (unpaired) electrons. The molecule has 2 aliphatic rings. The Morgan fingerprint density at radius 1 is 1.30 bits per heavy atom. The molecular weight excluding hydrogens is 252 g/mol. The van der Waals surface area contributed by atoms with Crippen LogP contribution >= 0.6 is 0 Å². The van der Waals surface area contributed by atoms with Gasteiger partial charge in [0.05, 0.1) is 12.5 Å². The van der Waals surface area contributed by atoms with Gasteiger partial charge in [0.15, 0.2) is 0 Å². The van der Waals surface area contributed by atoms with E-state index in [0.717, 1.165) is 12.8 Å². The molecule has 4 heteroatoms. The molecule has 1 aliphatic carbocycles. The third-order valence-electron chi connectivity index (χ3n) is 5.34. The Bertz CT molecular complexity index is 383. The highest BCUT2D eigenvalue weighted by atomic mass is 16.2. The highest BCUT2D eigenvalue weighted by Crippen LogP contribution is 2.30. The monoisotopic (exact) mass is 280 g/mol. The summed E-state index contributed by atoms with van der Waals surface area (Å²) >= 11 is 0. The highest BCUT2D eigenvalue weighted by Gasteiger charge is 2.42. The van der Waals surface area contributed by atoms with E-state index in [9.17, 15) is 9.59 Å². The fourth-order valence-corrected chi connectivity index (χ4v) is 3.50. The van der Waals surface area contributed by atoms with Crippen LogP contribution in [0.2, 0.25) is 0 Å². The van der Waals surface area contributed by atoms with Crippen LogP contribution in [0.25, 0.3) is 0 Å². The van der Waals surface area contributed by atoms with Gasteiger partial charge in [-0.1, -0.05) is 33.6 Å². The van der Waals surface area contributed by atoms with Crippen LogP contribution in [-0.4, -0.2) is 34.8 Å². The molecule has 114 valence electrons. The molecule has 0 spiro atoms. The SMILES string of the molecule is CCC(C)N1C(=O)CC(NC2CCCC(C)C2C)C1=O. The minimum atomic E-state index is -0.297. The smallest absolute Gasteiger partial charge is 0.247 e. The first-order valence-corrected chi connectivity index (χ1v) is 8.07. The molecule has 2 rings (SSSR count). The summed E-state index contributed by atoms with van der Waals surface area (Å²) < 4.78 is 0. The number of rotatable bonds is 4. The summed E-state index contributed by atoms with van der Waals surface area (Å²) in [5.41, 5.74) is 0. The minimum absolute atomic E-state index is 0.0154. The highest BCUT2D eigenvalue weighted by molar-refractivity contribution is 6.05. The van der Waals surface area contributed by atoms with E-state index < -0.39 is 0 Å². The molecule has 1 heterocycles. The lowest BCUT2D eigenvalue weighted by Gasteiger charge is -2.36. The van der Waals surface area contributed by atoms with Crippen molar-refractivity contribution in [2.45, 2.75) is 77.9 Å². The number of amides is 2. The van der Waals surface area contributed by atoms with Gasteiger partial charge in [-0.3, -0.25) is 14.5 Å². The lowest BCUT2D eigenvalue weighted by Crippen LogP contribution is -2.49. The average Bonchev–Trinajstić information content (AvgIpc) is 2.69. The van der Waals surface area contributed by atoms with E-state index >= 15 is 0 Å². The zero-order valence-corrected chi connectivity index (χ0v) is 13.2. The van der Waals surface area contributed by atoms with Gasteiger partial charge in [0.2, 0.25) is 11.8 Å². The van der Waals surface area contributed by atoms with Crippen LogP contribution in [0.1, 0.15) is 59.8 Å². The van der Waals surface area contributed by atoms with Gasteiger partial charge >= 0.3 is 0 Å². The third kappa shape index (κ3) is 2.90. The van der Waals surface area contributed by atoms with Gasteiger partial charge in [-0.2, -0.15) is 0 Å². The van der Waals surface area contributed by atoms with Gasteiger partial charge in [-0.25, -0.2) is 0 Å². The van der Waals surface area contributed by atoms with E-state index in [1.54, 1.807) is 0 Å². The lowest BCUT2D eigenvalue weighted by atomic mass is 9.78. The van der Waals surface area contributed by atoms with Gasteiger partial charge in [-0.05, 0) is 31.6 Å². The maximum atomic E-state index is 12.4. The molecule has 0 aromatic heterocycles. The predicted octanol–water partition coefficient (Wildman–Crippen LogP) is 2.33. The molecule has 5 unspecified atom stereocenters. The van der Waals surface area contributed by atoms with Gasteiger partial charge in [0.25, 0.3) is 0 Å². The summed E-state index contributed by atoms with van der Waals surface area (Å²) in [5, 5.41) is 3.48. The van der Waals surface area contributed by atoms with Crippen LogP contribution in [0.15, 0.2) is 0 Å². The van der Waals surface area contributed by atoms with Crippen molar-refractivity contribution in [3.05, 3.63) is 0 Å². The molecule has 1 saturated carbocycles. The molecule has 20 heavy (non-hydrogen) atoms. The molecule has 0 aromatic rings. The van der Waals surface area contributed by atoms with E-state index in [1.165, 1.54) is 17.7 Å². The van der Waals surface area contributed by atoms with Crippen LogP contribution in [0, 0.1) is 11.8 Å². The Hall–Kier alpha value is -0.900. The van der Waals surface area contributed by atoms with Crippen LogP contribution in [0.4, 0.5) is 0 Å². The van der Waals surface area contributed by atoms with Gasteiger partial charge in [0.1, 0.15) is 0 Å². The summed E-state index contributed by atoms with van der Waals surface area (Å²) in [5.74, 6) is 1.23. The van der Waals surface area contributed by atoms with E-state index in [-0.39, 0.29) is 23.9 Å². The number of hydrogen-bond acceptors (Lipinski definition) is 3. The van der Waals surface area contributed by atoms with Crippen molar-refractivity contribution in [3.63, 3.8) is 0 Å². The molecule has 2 fully saturated rings. The number of likely N-dealkylation sites (tertiary alicyclic amines) is 1. The summed E-state index contributed by atoms with van der Waals surface area (Å²) in [6.07, 6.45) is 4.76. The van der Waals surface area contributed by atoms with Gasteiger partial charge in [-0.15, -0.1) is 0 Å². The molecule has 0 aromatic carbocycles. The minimum Gasteiger partial charge on any atom is -0.302 e. The van der Waals surface area contributed by atoms with Crippen molar-refractivity contribution in [3.8, 4) is 0 Å². The standard InChI is InChI=1S/C16H28N2O2/c1-5-11(3)18-15(19)9-14(16(18)20)17-13-8-6-7-10(2)12(13)4/h10-14,17H,5-9H2,1-4H3. The van der Waals surface area contributed by atoms with E-state index in [4.69, 9.17) is 0 Å². The number of carbonyl (C=O) groups excluding carboxylic acids is 2. The molecule has 0 bridgehead atoms. The fraction of sp³-hybridized carbons (Fsp3) is 0.875. The van der Waals surface area contributed by atoms with Crippen molar-refractivity contribution < 1.29 is 9.59 Å². The first-order chi connectivity index (χ1) is 9.45. The van der Waals surface area contributed by atoms with E-state index in [2.05, 4.69) is 19.2 Å². The largest absolute Gasteiger partial charge is 0.302 e. The van der Waals surface area contributed by atoms with Gasteiger partial charge in [0, 0.05) is 12.1 Å². The van der Waals surface area contributed by atoms with E-state index in [1.807, 2.05) is 13.8 Å². The maximum absolute atomic E-state index is 12.4. The summed E-state index contributed by atoms with van der Waals surface area (Å²) in [4.78, 5) is 25.9. The fourth-order valence-electron chi connectivity index (χ4n) is 3.50. The number of imide groups is 1. The predicted molar refractivity (Wildman–Crippen MR) is 79.1 cm³/mol. The second-order valence-corrected chi connectivity index (χ2v) is 6.66. The average molecular weight is 280 g/mol. The number of carbonyl (C=O) groups is 2. The van der Waals surface area contributed by atoms with Gasteiger partial charge < -0.3 is 5.32 Å². The van der Waals surface area contributed by atoms with Crippen LogP contribution in [-0.2, 0) is 9.59 Å². The first-order valence-electron chi connectivity index (χ1n) is 8.07. The number of nitrogens with one attached hydrogen (secondary N) is 1.